The SMILES string of the molecule is CCNc1ccc(Oc2ccnc(C(N)=O)c2Cl)c(F)c1. The maximum atomic E-state index is 13.9. The molecule has 0 aliphatic rings. The molecule has 0 aliphatic carbocycles. The van der Waals surface area contributed by atoms with Crippen LogP contribution in [0.5, 0.6) is 11.5 Å². The fraction of sp³-hybridized carbons (Fsp3) is 0.143. The van der Waals surface area contributed by atoms with E-state index in [4.69, 9.17) is 22.1 Å². The van der Waals surface area contributed by atoms with Gasteiger partial charge in [0.25, 0.3) is 5.91 Å². The highest BCUT2D eigenvalue weighted by Gasteiger charge is 2.15. The van der Waals surface area contributed by atoms with Gasteiger partial charge in [-0.1, -0.05) is 11.6 Å². The van der Waals surface area contributed by atoms with Gasteiger partial charge in [-0.3, -0.25) is 4.79 Å². The maximum absolute atomic E-state index is 13.9. The van der Waals surface area contributed by atoms with Gasteiger partial charge in [0.15, 0.2) is 11.6 Å². The second-order valence-electron chi connectivity index (χ2n) is 4.11. The van der Waals surface area contributed by atoms with Gasteiger partial charge in [-0.15, -0.1) is 0 Å². The highest BCUT2D eigenvalue weighted by atomic mass is 35.5. The first kappa shape index (κ1) is 15.1. The summed E-state index contributed by atoms with van der Waals surface area (Å²) in [4.78, 5) is 14.9. The summed E-state index contributed by atoms with van der Waals surface area (Å²) in [7, 11) is 0. The molecule has 110 valence electrons. The van der Waals surface area contributed by atoms with E-state index >= 15 is 0 Å². The molecule has 0 aliphatic heterocycles. The van der Waals surface area contributed by atoms with Crippen molar-refractivity contribution in [1.29, 1.82) is 0 Å². The number of amides is 1. The minimum absolute atomic E-state index is 0.0137. The monoisotopic (exact) mass is 309 g/mol. The number of halogens is 2. The van der Waals surface area contributed by atoms with Gasteiger partial charge in [-0.25, -0.2) is 9.37 Å². The molecule has 2 aromatic rings. The Morgan fingerprint density at radius 2 is 2.19 bits per heavy atom. The van der Waals surface area contributed by atoms with Crippen LogP contribution in [0, 0.1) is 5.82 Å². The van der Waals surface area contributed by atoms with E-state index in [2.05, 4.69) is 10.3 Å². The van der Waals surface area contributed by atoms with Crippen molar-refractivity contribution in [3.05, 3.63) is 47.0 Å². The maximum Gasteiger partial charge on any atom is 0.268 e. The van der Waals surface area contributed by atoms with Crippen LogP contribution in [0.15, 0.2) is 30.5 Å². The first-order valence-electron chi connectivity index (χ1n) is 6.18. The van der Waals surface area contributed by atoms with Crippen molar-refractivity contribution in [3.8, 4) is 11.5 Å². The number of benzene rings is 1. The Morgan fingerprint density at radius 1 is 1.43 bits per heavy atom. The van der Waals surface area contributed by atoms with Crippen molar-refractivity contribution in [3.63, 3.8) is 0 Å². The van der Waals surface area contributed by atoms with E-state index in [0.717, 1.165) is 0 Å². The second kappa shape index (κ2) is 6.41. The third-order valence-corrected chi connectivity index (χ3v) is 2.99. The van der Waals surface area contributed by atoms with Crippen molar-refractivity contribution >= 4 is 23.2 Å². The molecule has 1 amide bonds. The molecule has 0 saturated carbocycles. The number of hydrogen-bond donors (Lipinski definition) is 2. The van der Waals surface area contributed by atoms with Crippen LogP contribution in [0.3, 0.4) is 0 Å². The van der Waals surface area contributed by atoms with E-state index in [1.54, 1.807) is 6.07 Å². The minimum atomic E-state index is -0.784. The number of nitrogens with zero attached hydrogens (tertiary/aromatic N) is 1. The third-order valence-electron chi connectivity index (χ3n) is 2.62. The van der Waals surface area contributed by atoms with Crippen LogP contribution in [0.1, 0.15) is 17.4 Å². The minimum Gasteiger partial charge on any atom is -0.453 e. The Hall–Kier alpha value is -2.34. The fourth-order valence-corrected chi connectivity index (χ4v) is 1.94. The Balaban J connectivity index is 2.30. The summed E-state index contributed by atoms with van der Waals surface area (Å²) in [5.74, 6) is -1.24. The molecule has 0 unspecified atom stereocenters. The Labute approximate surface area is 125 Å². The number of pyridine rings is 1. The number of hydrogen-bond acceptors (Lipinski definition) is 4. The molecule has 1 aromatic carbocycles. The number of aromatic nitrogens is 1. The van der Waals surface area contributed by atoms with E-state index in [0.29, 0.717) is 12.2 Å². The lowest BCUT2D eigenvalue weighted by molar-refractivity contribution is 0.0995. The van der Waals surface area contributed by atoms with Crippen LogP contribution in [0.2, 0.25) is 5.02 Å². The molecule has 7 heteroatoms. The van der Waals surface area contributed by atoms with Gasteiger partial charge < -0.3 is 15.8 Å². The quantitative estimate of drug-likeness (QED) is 0.889. The lowest BCUT2D eigenvalue weighted by Crippen LogP contribution is -2.13. The summed E-state index contributed by atoms with van der Waals surface area (Å²) in [5.41, 5.74) is 5.65. The summed E-state index contributed by atoms with van der Waals surface area (Å²) in [5, 5.41) is 2.93. The molecule has 3 N–H and O–H groups in total. The van der Waals surface area contributed by atoms with Gasteiger partial charge >= 0.3 is 0 Å². The van der Waals surface area contributed by atoms with Gasteiger partial charge in [-0.2, -0.15) is 0 Å². The van der Waals surface area contributed by atoms with E-state index in [1.165, 1.54) is 24.4 Å². The first-order valence-corrected chi connectivity index (χ1v) is 6.56. The number of carbonyl (C=O) groups is 1. The Kier molecular flexibility index (Phi) is 4.59. The van der Waals surface area contributed by atoms with E-state index in [9.17, 15) is 9.18 Å². The summed E-state index contributed by atoms with van der Waals surface area (Å²) >= 11 is 5.96. The number of anilines is 1. The van der Waals surface area contributed by atoms with Crippen LogP contribution < -0.4 is 15.8 Å². The molecular formula is C14H13ClFN3O2. The third kappa shape index (κ3) is 3.41. The smallest absolute Gasteiger partial charge is 0.268 e. The molecule has 21 heavy (non-hydrogen) atoms. The number of nitrogens with two attached hydrogens (primary N) is 1. The largest absolute Gasteiger partial charge is 0.453 e. The average Bonchev–Trinajstić information content (AvgIpc) is 2.44. The number of ether oxygens (including phenoxy) is 1. The summed E-state index contributed by atoms with van der Waals surface area (Å²) in [6, 6.07) is 5.87. The zero-order valence-electron chi connectivity index (χ0n) is 11.2. The zero-order chi connectivity index (χ0) is 15.4. The standard InChI is InChI=1S/C14H13ClFN3O2/c1-2-18-8-3-4-10(9(16)7-8)21-11-5-6-19-13(12(11)15)14(17)20/h3-7,18H,2H2,1H3,(H2,17,20). The summed E-state index contributed by atoms with van der Waals surface area (Å²) in [6.07, 6.45) is 1.31. The molecule has 1 heterocycles. The van der Waals surface area contributed by atoms with Crippen molar-refractivity contribution in [2.24, 2.45) is 5.73 Å². The molecule has 1 aromatic heterocycles. The van der Waals surface area contributed by atoms with E-state index < -0.39 is 11.7 Å². The Morgan fingerprint density at radius 3 is 2.81 bits per heavy atom. The normalized spacial score (nSPS) is 10.2. The van der Waals surface area contributed by atoms with Crippen molar-refractivity contribution in [2.75, 3.05) is 11.9 Å². The molecule has 5 nitrogen and oxygen atoms in total. The van der Waals surface area contributed by atoms with Crippen LogP contribution in [0.25, 0.3) is 0 Å². The highest BCUT2D eigenvalue weighted by Crippen LogP contribution is 2.32. The van der Waals surface area contributed by atoms with Crippen molar-refractivity contribution < 1.29 is 13.9 Å². The highest BCUT2D eigenvalue weighted by molar-refractivity contribution is 6.34. The zero-order valence-corrected chi connectivity index (χ0v) is 11.9. The lowest BCUT2D eigenvalue weighted by Gasteiger charge is -2.11. The second-order valence-corrected chi connectivity index (χ2v) is 4.49. The van der Waals surface area contributed by atoms with Gasteiger partial charge in [0.1, 0.15) is 16.5 Å². The van der Waals surface area contributed by atoms with Gasteiger partial charge in [0.2, 0.25) is 0 Å². The van der Waals surface area contributed by atoms with E-state index in [-0.39, 0.29) is 22.2 Å². The summed E-state index contributed by atoms with van der Waals surface area (Å²) in [6.45, 7) is 2.59. The molecule has 0 fully saturated rings. The number of carbonyl (C=O) groups excluding carboxylic acids is 1. The molecule has 0 saturated heterocycles. The van der Waals surface area contributed by atoms with Gasteiger partial charge in [0.05, 0.1) is 0 Å². The fourth-order valence-electron chi connectivity index (χ4n) is 1.69. The van der Waals surface area contributed by atoms with E-state index in [1.807, 2.05) is 6.92 Å². The van der Waals surface area contributed by atoms with Crippen molar-refractivity contribution in [1.82, 2.24) is 4.98 Å². The molecule has 0 spiro atoms. The predicted molar refractivity (Wildman–Crippen MR) is 78.4 cm³/mol. The molecule has 0 bridgehead atoms. The summed E-state index contributed by atoms with van der Waals surface area (Å²) < 4.78 is 19.3. The van der Waals surface area contributed by atoms with Crippen molar-refractivity contribution in [2.45, 2.75) is 6.92 Å². The predicted octanol–water partition coefficient (Wildman–Crippen LogP) is 3.20. The molecular weight excluding hydrogens is 297 g/mol. The first-order chi connectivity index (χ1) is 10.0. The van der Waals surface area contributed by atoms with Crippen LogP contribution in [-0.2, 0) is 0 Å². The number of primary amides is 1. The Bertz CT molecular complexity index is 679. The molecule has 0 atom stereocenters. The van der Waals surface area contributed by atoms with Crippen LogP contribution >= 0.6 is 11.6 Å². The number of rotatable bonds is 5. The number of nitrogens with one attached hydrogen (secondary N) is 1. The average molecular weight is 310 g/mol. The van der Waals surface area contributed by atoms with Crippen LogP contribution in [0.4, 0.5) is 10.1 Å². The lowest BCUT2D eigenvalue weighted by atomic mass is 10.2. The molecule has 2 rings (SSSR count). The topological polar surface area (TPSA) is 77.2 Å². The van der Waals surface area contributed by atoms with Gasteiger partial charge in [-0.05, 0) is 19.1 Å². The molecule has 0 radical (unpaired) electrons. The van der Waals surface area contributed by atoms with Crippen LogP contribution in [-0.4, -0.2) is 17.4 Å². The van der Waals surface area contributed by atoms with Gasteiger partial charge in [0, 0.05) is 30.6 Å².